The van der Waals surface area contributed by atoms with Gasteiger partial charge in [0.25, 0.3) is 0 Å². The SMILES string of the molecule is CCOP(=O)(O)C1CNCC12CCOCC2. The highest BCUT2D eigenvalue weighted by Crippen LogP contribution is 2.58. The molecule has 1 spiro atoms. The summed E-state index contributed by atoms with van der Waals surface area (Å²) < 4.78 is 22.6. The molecule has 2 aliphatic rings. The van der Waals surface area contributed by atoms with Crippen molar-refractivity contribution in [3.05, 3.63) is 0 Å². The molecule has 0 saturated carbocycles. The normalized spacial score (nSPS) is 32.8. The lowest BCUT2D eigenvalue weighted by atomic mass is 9.79. The summed E-state index contributed by atoms with van der Waals surface area (Å²) in [6, 6.07) is 0. The van der Waals surface area contributed by atoms with Crippen molar-refractivity contribution < 1.29 is 18.7 Å². The highest BCUT2D eigenvalue weighted by atomic mass is 31.2. The van der Waals surface area contributed by atoms with Crippen molar-refractivity contribution >= 4 is 7.60 Å². The quantitative estimate of drug-likeness (QED) is 0.730. The van der Waals surface area contributed by atoms with Crippen molar-refractivity contribution in [2.75, 3.05) is 32.9 Å². The second kappa shape index (κ2) is 4.75. The van der Waals surface area contributed by atoms with Gasteiger partial charge in [-0.15, -0.1) is 0 Å². The van der Waals surface area contributed by atoms with Crippen LogP contribution in [0.4, 0.5) is 0 Å². The summed E-state index contributed by atoms with van der Waals surface area (Å²) in [5.41, 5.74) is -0.374. The van der Waals surface area contributed by atoms with Gasteiger partial charge in [-0.25, -0.2) is 0 Å². The maximum absolute atomic E-state index is 12.1. The van der Waals surface area contributed by atoms with Gasteiger partial charge in [-0.1, -0.05) is 0 Å². The summed E-state index contributed by atoms with van der Waals surface area (Å²) in [6.45, 7) is 4.79. The lowest BCUT2D eigenvalue weighted by molar-refractivity contribution is 0.0226. The molecule has 0 aromatic rings. The van der Waals surface area contributed by atoms with E-state index in [0.29, 0.717) is 19.8 Å². The average molecular weight is 249 g/mol. The molecule has 2 unspecified atom stereocenters. The minimum absolute atomic E-state index is 0.0995. The Hall–Kier alpha value is 0.0700. The van der Waals surface area contributed by atoms with Crippen molar-refractivity contribution in [3.8, 4) is 0 Å². The Bertz CT molecular complexity index is 291. The molecule has 5 nitrogen and oxygen atoms in total. The van der Waals surface area contributed by atoms with E-state index in [1.54, 1.807) is 6.92 Å². The second-order valence-corrected chi connectivity index (χ2v) is 6.61. The van der Waals surface area contributed by atoms with Crippen LogP contribution in [0.5, 0.6) is 0 Å². The Labute approximate surface area is 96.0 Å². The predicted octanol–water partition coefficient (Wildman–Crippen LogP) is 0.977. The smallest absolute Gasteiger partial charge is 0.333 e. The fraction of sp³-hybridized carbons (Fsp3) is 1.00. The first-order valence-corrected chi connectivity index (χ1v) is 7.51. The van der Waals surface area contributed by atoms with Gasteiger partial charge in [0.05, 0.1) is 12.3 Å². The van der Waals surface area contributed by atoms with Gasteiger partial charge in [-0.05, 0) is 19.8 Å². The number of rotatable bonds is 3. The van der Waals surface area contributed by atoms with Crippen molar-refractivity contribution in [1.82, 2.24) is 5.32 Å². The zero-order valence-electron chi connectivity index (χ0n) is 9.65. The maximum atomic E-state index is 12.1. The molecule has 2 N–H and O–H groups in total. The topological polar surface area (TPSA) is 67.8 Å². The van der Waals surface area contributed by atoms with E-state index in [0.717, 1.165) is 19.4 Å². The summed E-state index contributed by atoms with van der Waals surface area (Å²) >= 11 is 0. The van der Waals surface area contributed by atoms with E-state index >= 15 is 0 Å². The fourth-order valence-electron chi connectivity index (χ4n) is 2.82. The van der Waals surface area contributed by atoms with Gasteiger partial charge in [0, 0.05) is 31.7 Å². The minimum atomic E-state index is -3.49. The van der Waals surface area contributed by atoms with Crippen molar-refractivity contribution in [3.63, 3.8) is 0 Å². The number of hydrogen-bond acceptors (Lipinski definition) is 4. The van der Waals surface area contributed by atoms with Crippen LogP contribution in [-0.2, 0) is 13.8 Å². The van der Waals surface area contributed by atoms with Gasteiger partial charge in [-0.3, -0.25) is 4.57 Å². The molecular formula is C10H20NO4P. The summed E-state index contributed by atoms with van der Waals surface area (Å²) in [6.07, 6.45) is 1.70. The first kappa shape index (κ1) is 12.5. The second-order valence-electron chi connectivity index (χ2n) is 4.60. The van der Waals surface area contributed by atoms with Crippen molar-refractivity contribution in [1.29, 1.82) is 0 Å². The summed E-state index contributed by atoms with van der Waals surface area (Å²) in [5, 5.41) is 3.23. The van der Waals surface area contributed by atoms with Gasteiger partial charge in [0.2, 0.25) is 0 Å². The van der Waals surface area contributed by atoms with E-state index in [1.807, 2.05) is 0 Å². The Balaban J connectivity index is 2.16. The van der Waals surface area contributed by atoms with Crippen LogP contribution in [0.15, 0.2) is 0 Å². The van der Waals surface area contributed by atoms with Gasteiger partial charge in [0.15, 0.2) is 0 Å². The lowest BCUT2D eigenvalue weighted by Gasteiger charge is -2.38. The van der Waals surface area contributed by atoms with E-state index in [9.17, 15) is 9.46 Å². The van der Waals surface area contributed by atoms with E-state index in [2.05, 4.69) is 5.32 Å². The standard InChI is InChI=1S/C10H20NO4P/c1-2-15-16(12,13)9-7-11-8-10(9)3-5-14-6-4-10/h9,11H,2-8H2,1H3,(H,12,13). The molecule has 0 radical (unpaired) electrons. The zero-order chi connectivity index (χ0) is 11.6. The molecule has 2 saturated heterocycles. The molecule has 2 fully saturated rings. The molecule has 6 heteroatoms. The highest BCUT2D eigenvalue weighted by molar-refractivity contribution is 7.53. The van der Waals surface area contributed by atoms with E-state index in [-0.39, 0.29) is 17.7 Å². The van der Waals surface area contributed by atoms with Crippen LogP contribution in [0.1, 0.15) is 19.8 Å². The summed E-state index contributed by atoms with van der Waals surface area (Å²) in [4.78, 5) is 9.98. The monoisotopic (exact) mass is 249 g/mol. The first-order valence-electron chi connectivity index (χ1n) is 5.86. The lowest BCUT2D eigenvalue weighted by Crippen LogP contribution is -2.39. The van der Waals surface area contributed by atoms with Crippen LogP contribution in [0.25, 0.3) is 0 Å². The van der Waals surface area contributed by atoms with Gasteiger partial charge in [-0.2, -0.15) is 0 Å². The zero-order valence-corrected chi connectivity index (χ0v) is 10.5. The largest absolute Gasteiger partial charge is 0.381 e. The van der Waals surface area contributed by atoms with E-state index in [4.69, 9.17) is 9.26 Å². The van der Waals surface area contributed by atoms with Crippen LogP contribution in [0.2, 0.25) is 0 Å². The van der Waals surface area contributed by atoms with E-state index < -0.39 is 7.60 Å². The van der Waals surface area contributed by atoms with Gasteiger partial charge >= 0.3 is 7.60 Å². The molecule has 0 amide bonds. The molecule has 0 aliphatic carbocycles. The molecule has 2 atom stereocenters. The summed E-state index contributed by atoms with van der Waals surface area (Å²) in [5.74, 6) is 0. The maximum Gasteiger partial charge on any atom is 0.333 e. The molecule has 2 heterocycles. The van der Waals surface area contributed by atoms with Gasteiger partial charge in [0.1, 0.15) is 0 Å². The van der Waals surface area contributed by atoms with Crippen molar-refractivity contribution in [2.45, 2.75) is 25.4 Å². The highest BCUT2D eigenvalue weighted by Gasteiger charge is 2.52. The third kappa shape index (κ3) is 2.20. The molecule has 94 valence electrons. The van der Waals surface area contributed by atoms with Crippen LogP contribution >= 0.6 is 7.60 Å². The number of ether oxygens (including phenoxy) is 1. The number of nitrogens with one attached hydrogen (secondary N) is 1. The molecule has 2 aliphatic heterocycles. The Kier molecular flexibility index (Phi) is 3.72. The average Bonchev–Trinajstić information content (AvgIpc) is 2.63. The Morgan fingerprint density at radius 2 is 2.25 bits per heavy atom. The third-order valence-corrected chi connectivity index (χ3v) is 5.86. The fourth-order valence-corrected chi connectivity index (χ4v) is 4.77. The van der Waals surface area contributed by atoms with Crippen LogP contribution < -0.4 is 5.32 Å². The van der Waals surface area contributed by atoms with Crippen LogP contribution in [-0.4, -0.2) is 43.5 Å². The van der Waals surface area contributed by atoms with Crippen molar-refractivity contribution in [2.24, 2.45) is 5.41 Å². The molecule has 16 heavy (non-hydrogen) atoms. The predicted molar refractivity (Wildman–Crippen MR) is 60.6 cm³/mol. The van der Waals surface area contributed by atoms with E-state index in [1.165, 1.54) is 0 Å². The minimum Gasteiger partial charge on any atom is -0.381 e. The Morgan fingerprint density at radius 3 is 2.88 bits per heavy atom. The summed E-state index contributed by atoms with van der Waals surface area (Å²) in [7, 11) is -3.49. The molecule has 0 bridgehead atoms. The van der Waals surface area contributed by atoms with Crippen LogP contribution in [0.3, 0.4) is 0 Å². The Morgan fingerprint density at radius 1 is 1.56 bits per heavy atom. The first-order chi connectivity index (χ1) is 7.61. The molecule has 0 aromatic heterocycles. The van der Waals surface area contributed by atoms with Crippen LogP contribution in [0, 0.1) is 5.41 Å². The third-order valence-electron chi connectivity index (χ3n) is 3.72. The number of hydrogen-bond donors (Lipinski definition) is 2. The van der Waals surface area contributed by atoms with Gasteiger partial charge < -0.3 is 19.5 Å². The molecular weight excluding hydrogens is 229 g/mol. The molecule has 0 aromatic carbocycles. The molecule has 2 rings (SSSR count).